The van der Waals surface area contributed by atoms with Gasteiger partial charge in [-0.15, -0.1) is 0 Å². The van der Waals surface area contributed by atoms with Gasteiger partial charge in [-0.3, -0.25) is 9.59 Å². The van der Waals surface area contributed by atoms with Gasteiger partial charge in [0.05, 0.1) is 6.61 Å². The third-order valence-corrected chi connectivity index (χ3v) is 5.35. The molecule has 166 valence electrons. The number of piperidine rings is 1. The van der Waals surface area contributed by atoms with Crippen molar-refractivity contribution in [1.29, 1.82) is 0 Å². The largest absolute Gasteiger partial charge is 0.465 e. The summed E-state index contributed by atoms with van der Waals surface area (Å²) in [5, 5.41) is 0. The van der Waals surface area contributed by atoms with Crippen molar-refractivity contribution in [3.05, 3.63) is 35.4 Å². The van der Waals surface area contributed by atoms with E-state index in [1.807, 2.05) is 39.8 Å². The molecule has 1 amide bonds. The first kappa shape index (κ1) is 23.9. The lowest BCUT2D eigenvalue weighted by Gasteiger charge is -2.33. The quantitative estimate of drug-likeness (QED) is 0.362. The molecule has 1 unspecified atom stereocenters. The van der Waals surface area contributed by atoms with Gasteiger partial charge in [0.1, 0.15) is 11.5 Å². The van der Waals surface area contributed by atoms with E-state index in [4.69, 9.17) is 9.47 Å². The third kappa shape index (κ3) is 7.15. The highest BCUT2D eigenvalue weighted by atomic mass is 16.6. The van der Waals surface area contributed by atoms with Crippen LogP contribution in [0, 0.1) is 18.8 Å². The first-order valence-corrected chi connectivity index (χ1v) is 10.9. The molecule has 1 heterocycles. The van der Waals surface area contributed by atoms with Gasteiger partial charge in [0, 0.05) is 18.7 Å². The summed E-state index contributed by atoms with van der Waals surface area (Å²) in [6, 6.07) is 7.29. The van der Waals surface area contributed by atoms with Crippen LogP contribution in [0.1, 0.15) is 69.3 Å². The summed E-state index contributed by atoms with van der Waals surface area (Å²) >= 11 is 0. The molecule has 0 N–H and O–H groups in total. The standard InChI is InChI=1S/C24H35NO5/c1-6-29-22(27)20(21(26)19-10-7-17(2)8-11-19)12-9-18-13-15-25(16-14-18)23(28)30-24(3,4)5/h7-8,10-11,18,20H,6,9,12-16H2,1-5H3. The Morgan fingerprint density at radius 1 is 1.10 bits per heavy atom. The molecule has 0 aliphatic carbocycles. The summed E-state index contributed by atoms with van der Waals surface area (Å²) in [7, 11) is 0. The molecule has 1 atom stereocenters. The smallest absolute Gasteiger partial charge is 0.410 e. The Morgan fingerprint density at radius 3 is 2.23 bits per heavy atom. The molecular weight excluding hydrogens is 382 g/mol. The van der Waals surface area contributed by atoms with Crippen LogP contribution in [0.25, 0.3) is 0 Å². The van der Waals surface area contributed by atoms with E-state index in [9.17, 15) is 14.4 Å². The molecule has 0 bridgehead atoms. The van der Waals surface area contributed by atoms with Crippen LogP contribution in [0.2, 0.25) is 0 Å². The second-order valence-corrected chi connectivity index (χ2v) is 9.02. The van der Waals surface area contributed by atoms with E-state index in [1.54, 1.807) is 24.0 Å². The van der Waals surface area contributed by atoms with Crippen LogP contribution in [0.3, 0.4) is 0 Å². The molecular formula is C24H35NO5. The topological polar surface area (TPSA) is 72.9 Å². The highest BCUT2D eigenvalue weighted by molar-refractivity contribution is 6.08. The lowest BCUT2D eigenvalue weighted by Crippen LogP contribution is -2.41. The van der Waals surface area contributed by atoms with Crippen LogP contribution in [0.4, 0.5) is 4.79 Å². The molecule has 30 heavy (non-hydrogen) atoms. The summed E-state index contributed by atoms with van der Waals surface area (Å²) in [5.74, 6) is -1.04. The van der Waals surface area contributed by atoms with Crippen molar-refractivity contribution < 1.29 is 23.9 Å². The minimum atomic E-state index is -0.781. The molecule has 6 heteroatoms. The number of ketones is 1. The van der Waals surface area contributed by atoms with Crippen LogP contribution in [-0.4, -0.2) is 48.0 Å². The number of benzene rings is 1. The van der Waals surface area contributed by atoms with Gasteiger partial charge in [-0.2, -0.15) is 0 Å². The number of carbonyl (C=O) groups is 3. The molecule has 2 rings (SSSR count). The summed E-state index contributed by atoms with van der Waals surface area (Å²) < 4.78 is 10.6. The number of nitrogens with zero attached hydrogens (tertiary/aromatic N) is 1. The number of likely N-dealkylation sites (tertiary alicyclic amines) is 1. The van der Waals surface area contributed by atoms with Crippen molar-refractivity contribution in [2.75, 3.05) is 19.7 Å². The van der Waals surface area contributed by atoms with Crippen molar-refractivity contribution in [2.24, 2.45) is 11.8 Å². The van der Waals surface area contributed by atoms with E-state index in [2.05, 4.69) is 0 Å². The SMILES string of the molecule is CCOC(=O)C(CCC1CCN(C(=O)OC(C)(C)C)CC1)C(=O)c1ccc(C)cc1. The van der Waals surface area contributed by atoms with E-state index >= 15 is 0 Å². The molecule has 1 aromatic rings. The molecule has 1 aromatic carbocycles. The van der Waals surface area contributed by atoms with Gasteiger partial charge >= 0.3 is 12.1 Å². The van der Waals surface area contributed by atoms with Gasteiger partial charge in [0.15, 0.2) is 5.78 Å². The van der Waals surface area contributed by atoms with Crippen molar-refractivity contribution in [3.63, 3.8) is 0 Å². The fourth-order valence-corrected chi connectivity index (χ4v) is 3.65. The number of Topliss-reactive ketones (excluding diaryl/α,β-unsaturated/α-hetero) is 1. The predicted molar refractivity (Wildman–Crippen MR) is 115 cm³/mol. The van der Waals surface area contributed by atoms with Crippen LogP contribution >= 0.6 is 0 Å². The predicted octanol–water partition coefficient (Wildman–Crippen LogP) is 4.78. The number of hydrogen-bond donors (Lipinski definition) is 0. The second kappa shape index (κ2) is 10.6. The van der Waals surface area contributed by atoms with Gasteiger partial charge in [-0.25, -0.2) is 4.79 Å². The van der Waals surface area contributed by atoms with Crippen LogP contribution in [-0.2, 0) is 14.3 Å². The number of hydrogen-bond acceptors (Lipinski definition) is 5. The number of rotatable bonds is 7. The van der Waals surface area contributed by atoms with Crippen molar-refractivity contribution in [3.8, 4) is 0 Å². The molecule has 1 aliphatic rings. The van der Waals surface area contributed by atoms with Crippen LogP contribution in [0.15, 0.2) is 24.3 Å². The maximum atomic E-state index is 12.9. The Hall–Kier alpha value is -2.37. The Labute approximate surface area is 179 Å². The normalized spacial score (nSPS) is 16.1. The van der Waals surface area contributed by atoms with Crippen LogP contribution in [0.5, 0.6) is 0 Å². The number of esters is 1. The Bertz CT molecular complexity index is 727. The van der Waals surface area contributed by atoms with E-state index < -0.39 is 17.5 Å². The van der Waals surface area contributed by atoms with Gasteiger partial charge in [0.2, 0.25) is 0 Å². The van der Waals surface area contributed by atoms with E-state index in [0.29, 0.717) is 31.0 Å². The van der Waals surface area contributed by atoms with E-state index in [1.165, 1.54) is 0 Å². The van der Waals surface area contributed by atoms with Gasteiger partial charge in [-0.1, -0.05) is 29.8 Å². The lowest BCUT2D eigenvalue weighted by molar-refractivity contribution is -0.146. The van der Waals surface area contributed by atoms with Crippen molar-refractivity contribution in [2.45, 2.75) is 65.9 Å². The fourth-order valence-electron chi connectivity index (χ4n) is 3.65. The van der Waals surface area contributed by atoms with Crippen molar-refractivity contribution in [1.82, 2.24) is 4.90 Å². The van der Waals surface area contributed by atoms with Gasteiger partial charge < -0.3 is 14.4 Å². The van der Waals surface area contributed by atoms with Crippen LogP contribution < -0.4 is 0 Å². The highest BCUT2D eigenvalue weighted by Gasteiger charge is 2.31. The fraction of sp³-hybridized carbons (Fsp3) is 0.625. The maximum absolute atomic E-state index is 12.9. The van der Waals surface area contributed by atoms with E-state index in [0.717, 1.165) is 24.8 Å². The number of aryl methyl sites for hydroxylation is 1. The zero-order chi connectivity index (χ0) is 22.3. The number of amides is 1. The summed E-state index contributed by atoms with van der Waals surface area (Å²) in [5.41, 5.74) is 1.10. The van der Waals surface area contributed by atoms with Crippen molar-refractivity contribution >= 4 is 17.8 Å². The second-order valence-electron chi connectivity index (χ2n) is 9.02. The summed E-state index contributed by atoms with van der Waals surface area (Å²) in [6.45, 7) is 10.8. The molecule has 0 radical (unpaired) electrons. The molecule has 0 spiro atoms. The Morgan fingerprint density at radius 2 is 1.70 bits per heavy atom. The number of ether oxygens (including phenoxy) is 2. The summed E-state index contributed by atoms with van der Waals surface area (Å²) in [4.78, 5) is 39.4. The monoisotopic (exact) mass is 417 g/mol. The lowest BCUT2D eigenvalue weighted by atomic mass is 9.86. The first-order valence-electron chi connectivity index (χ1n) is 10.9. The summed E-state index contributed by atoms with van der Waals surface area (Å²) in [6.07, 6.45) is 2.62. The van der Waals surface area contributed by atoms with Gasteiger partial charge in [-0.05, 0) is 66.2 Å². The third-order valence-electron chi connectivity index (χ3n) is 5.35. The van der Waals surface area contributed by atoms with E-state index in [-0.39, 0.29) is 18.5 Å². The molecule has 6 nitrogen and oxygen atoms in total. The zero-order valence-electron chi connectivity index (χ0n) is 18.9. The zero-order valence-corrected chi connectivity index (χ0v) is 18.9. The average molecular weight is 418 g/mol. The molecule has 0 aromatic heterocycles. The minimum absolute atomic E-state index is 0.181. The maximum Gasteiger partial charge on any atom is 0.410 e. The molecule has 0 saturated carbocycles. The highest BCUT2D eigenvalue weighted by Crippen LogP contribution is 2.27. The first-order chi connectivity index (χ1) is 14.1. The average Bonchev–Trinajstić information content (AvgIpc) is 2.68. The molecule has 1 fully saturated rings. The Kier molecular flexibility index (Phi) is 8.44. The Balaban J connectivity index is 1.93. The van der Waals surface area contributed by atoms with Gasteiger partial charge in [0.25, 0.3) is 0 Å². The molecule has 1 saturated heterocycles. The minimum Gasteiger partial charge on any atom is -0.465 e. The number of carbonyl (C=O) groups excluding carboxylic acids is 3. The molecule has 1 aliphatic heterocycles.